The van der Waals surface area contributed by atoms with Crippen molar-refractivity contribution >= 4 is 40.6 Å². The van der Waals surface area contributed by atoms with E-state index >= 15 is 0 Å². The van der Waals surface area contributed by atoms with E-state index in [2.05, 4.69) is 15.3 Å². The normalized spacial score (nSPS) is 10.5. The quantitative estimate of drug-likeness (QED) is 0.371. The summed E-state index contributed by atoms with van der Waals surface area (Å²) in [4.78, 5) is 29.5. The van der Waals surface area contributed by atoms with Crippen LogP contribution in [0.25, 0.3) is 11.3 Å². The molecule has 0 aliphatic carbocycles. The van der Waals surface area contributed by atoms with Crippen molar-refractivity contribution < 1.29 is 9.72 Å². The maximum Gasteiger partial charge on any atom is 0.269 e. The molecule has 0 unspecified atom stereocenters. The number of thioether (sulfide) groups is 1. The van der Waals surface area contributed by atoms with Crippen molar-refractivity contribution in [3.05, 3.63) is 69.9 Å². The predicted octanol–water partition coefficient (Wildman–Crippen LogP) is 4.37. The lowest BCUT2D eigenvalue weighted by Crippen LogP contribution is -2.14. The molecule has 0 atom stereocenters. The topological polar surface area (TPSA) is 101 Å². The van der Waals surface area contributed by atoms with Gasteiger partial charge in [-0.15, -0.1) is 0 Å². The number of nitro groups is 1. The van der Waals surface area contributed by atoms with Gasteiger partial charge in [-0.2, -0.15) is 0 Å². The Morgan fingerprint density at radius 1 is 1.19 bits per heavy atom. The number of nitro benzene ring substituents is 1. The number of rotatable bonds is 6. The molecule has 9 heteroatoms. The van der Waals surface area contributed by atoms with Gasteiger partial charge in [0, 0.05) is 22.8 Å². The van der Waals surface area contributed by atoms with Crippen molar-refractivity contribution in [2.75, 3.05) is 11.1 Å². The smallest absolute Gasteiger partial charge is 0.269 e. The second-order valence-corrected chi connectivity index (χ2v) is 6.65. The molecule has 0 saturated heterocycles. The number of halogens is 1. The van der Waals surface area contributed by atoms with Crippen molar-refractivity contribution in [3.63, 3.8) is 0 Å². The molecular weight excluding hydrogens is 376 g/mol. The first-order valence-electron chi connectivity index (χ1n) is 7.49. The number of non-ortho nitro benzene ring substituents is 1. The maximum atomic E-state index is 12.0. The number of carbonyl (C=O) groups is 1. The summed E-state index contributed by atoms with van der Waals surface area (Å²) < 4.78 is 0. The molecule has 1 aromatic heterocycles. The van der Waals surface area contributed by atoms with Crippen LogP contribution in [0.5, 0.6) is 0 Å². The van der Waals surface area contributed by atoms with Crippen LogP contribution in [0.15, 0.2) is 59.9 Å². The first kappa shape index (κ1) is 18.0. The average Bonchev–Trinajstić information content (AvgIpc) is 3.10. The highest BCUT2D eigenvalue weighted by atomic mass is 35.5. The number of hydrogen-bond acceptors (Lipinski definition) is 5. The Labute approximate surface area is 157 Å². The van der Waals surface area contributed by atoms with Crippen LogP contribution in [0.4, 0.5) is 11.4 Å². The number of H-pyrrole nitrogens is 1. The monoisotopic (exact) mass is 388 g/mol. The Hall–Kier alpha value is -2.84. The molecule has 0 spiro atoms. The van der Waals surface area contributed by atoms with E-state index in [0.717, 1.165) is 11.3 Å². The third-order valence-electron chi connectivity index (χ3n) is 3.41. The number of hydrogen-bond donors (Lipinski definition) is 2. The lowest BCUT2D eigenvalue weighted by atomic mass is 10.2. The number of nitrogens with one attached hydrogen (secondary N) is 2. The number of anilines is 1. The molecule has 0 bridgehead atoms. The Morgan fingerprint density at radius 3 is 2.54 bits per heavy atom. The van der Waals surface area contributed by atoms with Gasteiger partial charge in [0.05, 0.1) is 22.6 Å². The Balaban J connectivity index is 1.54. The fourth-order valence-corrected chi connectivity index (χ4v) is 2.93. The van der Waals surface area contributed by atoms with E-state index in [1.54, 1.807) is 18.3 Å². The third kappa shape index (κ3) is 4.62. The molecule has 1 heterocycles. The minimum Gasteiger partial charge on any atom is -0.333 e. The van der Waals surface area contributed by atoms with E-state index in [1.807, 2.05) is 12.1 Å². The van der Waals surface area contributed by atoms with Gasteiger partial charge in [0.1, 0.15) is 0 Å². The SMILES string of the molecule is O=C(CSc1ncc(-c2ccc(Cl)cc2)[nH]1)Nc1ccc([N+](=O)[O-])cc1. The second-order valence-electron chi connectivity index (χ2n) is 5.25. The molecule has 0 fully saturated rings. The zero-order valence-corrected chi connectivity index (χ0v) is 14.9. The van der Waals surface area contributed by atoms with Crippen LogP contribution >= 0.6 is 23.4 Å². The van der Waals surface area contributed by atoms with Gasteiger partial charge < -0.3 is 10.3 Å². The van der Waals surface area contributed by atoms with E-state index < -0.39 is 4.92 Å². The van der Waals surface area contributed by atoms with Crippen molar-refractivity contribution in [1.82, 2.24) is 9.97 Å². The molecular formula is C17H13ClN4O3S. The number of aromatic nitrogens is 2. The third-order valence-corrected chi connectivity index (χ3v) is 4.55. The molecule has 3 rings (SSSR count). The minimum absolute atomic E-state index is 0.0253. The highest BCUT2D eigenvalue weighted by molar-refractivity contribution is 7.99. The molecule has 0 aliphatic rings. The highest BCUT2D eigenvalue weighted by Gasteiger charge is 2.09. The molecule has 0 saturated carbocycles. The van der Waals surface area contributed by atoms with E-state index in [-0.39, 0.29) is 17.3 Å². The molecule has 2 aromatic carbocycles. The van der Waals surface area contributed by atoms with Gasteiger partial charge in [-0.3, -0.25) is 14.9 Å². The zero-order valence-electron chi connectivity index (χ0n) is 13.3. The zero-order chi connectivity index (χ0) is 18.5. The van der Waals surface area contributed by atoms with Crippen molar-refractivity contribution in [3.8, 4) is 11.3 Å². The average molecular weight is 389 g/mol. The van der Waals surface area contributed by atoms with Crippen LogP contribution in [0.1, 0.15) is 0 Å². The fourth-order valence-electron chi connectivity index (χ4n) is 2.15. The number of imidazole rings is 1. The molecule has 0 radical (unpaired) electrons. The summed E-state index contributed by atoms with van der Waals surface area (Å²) in [6.45, 7) is 0. The van der Waals surface area contributed by atoms with Gasteiger partial charge in [-0.1, -0.05) is 35.5 Å². The van der Waals surface area contributed by atoms with E-state index in [0.29, 0.717) is 15.9 Å². The van der Waals surface area contributed by atoms with E-state index in [9.17, 15) is 14.9 Å². The van der Waals surface area contributed by atoms with Crippen LogP contribution in [0.3, 0.4) is 0 Å². The first-order chi connectivity index (χ1) is 12.5. The van der Waals surface area contributed by atoms with Crippen LogP contribution in [-0.4, -0.2) is 26.6 Å². The van der Waals surface area contributed by atoms with Gasteiger partial charge in [0.25, 0.3) is 5.69 Å². The number of aromatic amines is 1. The Morgan fingerprint density at radius 2 is 1.88 bits per heavy atom. The predicted molar refractivity (Wildman–Crippen MR) is 101 cm³/mol. The molecule has 26 heavy (non-hydrogen) atoms. The molecule has 0 aliphatic heterocycles. The van der Waals surface area contributed by atoms with Gasteiger partial charge in [0.2, 0.25) is 5.91 Å². The first-order valence-corrected chi connectivity index (χ1v) is 8.85. The number of carbonyl (C=O) groups excluding carboxylic acids is 1. The van der Waals surface area contributed by atoms with Crippen LogP contribution in [0, 0.1) is 10.1 Å². The van der Waals surface area contributed by atoms with Crippen molar-refractivity contribution in [2.45, 2.75) is 5.16 Å². The molecule has 132 valence electrons. The minimum atomic E-state index is -0.489. The van der Waals surface area contributed by atoms with Gasteiger partial charge in [0.15, 0.2) is 5.16 Å². The van der Waals surface area contributed by atoms with Gasteiger partial charge in [-0.25, -0.2) is 4.98 Å². The van der Waals surface area contributed by atoms with Crippen LogP contribution < -0.4 is 5.32 Å². The lowest BCUT2D eigenvalue weighted by molar-refractivity contribution is -0.384. The highest BCUT2D eigenvalue weighted by Crippen LogP contribution is 2.23. The summed E-state index contributed by atoms with van der Waals surface area (Å²) in [5.74, 6) is -0.0711. The molecule has 2 N–H and O–H groups in total. The Bertz CT molecular complexity index is 926. The number of nitrogens with zero attached hydrogens (tertiary/aromatic N) is 2. The summed E-state index contributed by atoms with van der Waals surface area (Å²) in [5.41, 5.74) is 2.26. The van der Waals surface area contributed by atoms with Gasteiger partial charge in [-0.05, 0) is 29.8 Å². The van der Waals surface area contributed by atoms with Crippen molar-refractivity contribution in [2.24, 2.45) is 0 Å². The molecule has 3 aromatic rings. The van der Waals surface area contributed by atoms with Crippen LogP contribution in [-0.2, 0) is 4.79 Å². The summed E-state index contributed by atoms with van der Waals surface area (Å²) in [5, 5.41) is 14.6. The summed E-state index contributed by atoms with van der Waals surface area (Å²) in [7, 11) is 0. The van der Waals surface area contributed by atoms with Crippen LogP contribution in [0.2, 0.25) is 5.02 Å². The summed E-state index contributed by atoms with van der Waals surface area (Å²) >= 11 is 7.13. The number of benzene rings is 2. The summed E-state index contributed by atoms with van der Waals surface area (Å²) in [6.07, 6.45) is 1.69. The summed E-state index contributed by atoms with van der Waals surface area (Å²) in [6, 6.07) is 13.0. The van der Waals surface area contributed by atoms with E-state index in [1.165, 1.54) is 36.0 Å². The van der Waals surface area contributed by atoms with E-state index in [4.69, 9.17) is 11.6 Å². The maximum absolute atomic E-state index is 12.0. The van der Waals surface area contributed by atoms with Gasteiger partial charge >= 0.3 is 0 Å². The number of amides is 1. The largest absolute Gasteiger partial charge is 0.333 e. The Kier molecular flexibility index (Phi) is 5.55. The second kappa shape index (κ2) is 8.03. The lowest BCUT2D eigenvalue weighted by Gasteiger charge is -2.04. The molecule has 1 amide bonds. The van der Waals surface area contributed by atoms with Crippen molar-refractivity contribution in [1.29, 1.82) is 0 Å². The standard InChI is InChI=1S/C17H13ClN4O3S/c18-12-3-1-11(2-4-12)15-9-19-17(21-15)26-10-16(23)20-13-5-7-14(8-6-13)22(24)25/h1-9H,10H2,(H,19,21)(H,20,23). The fraction of sp³-hybridized carbons (Fsp3) is 0.0588. The molecule has 7 nitrogen and oxygen atoms in total.